The topological polar surface area (TPSA) is 23.8 Å². The highest BCUT2D eigenvalue weighted by Crippen LogP contribution is 2.44. The van der Waals surface area contributed by atoms with Crippen molar-refractivity contribution < 1.29 is 4.39 Å². The van der Waals surface area contributed by atoms with Crippen LogP contribution in [0, 0.1) is 40.8 Å². The predicted molar refractivity (Wildman–Crippen MR) is 122 cm³/mol. The second kappa shape index (κ2) is 10.8. The van der Waals surface area contributed by atoms with E-state index in [9.17, 15) is 4.39 Å². The Hall–Kier alpha value is -1.36. The van der Waals surface area contributed by atoms with E-state index in [0.717, 1.165) is 29.2 Å². The molecule has 1 aromatic rings. The van der Waals surface area contributed by atoms with Gasteiger partial charge in [0.2, 0.25) is 0 Å². The van der Waals surface area contributed by atoms with Crippen LogP contribution < -0.4 is 0 Å². The second-order valence-electron chi connectivity index (χ2n) is 10.7. The highest BCUT2D eigenvalue weighted by molar-refractivity contribution is 5.34. The molecule has 0 radical (unpaired) electrons. The molecule has 0 aliphatic heterocycles. The fourth-order valence-corrected chi connectivity index (χ4v) is 6.91. The van der Waals surface area contributed by atoms with Crippen molar-refractivity contribution in [3.8, 4) is 6.07 Å². The van der Waals surface area contributed by atoms with Crippen LogP contribution in [-0.2, 0) is 0 Å². The standard InChI is InChI=1S/C28H40FN/c29-28-19-26(17-18-27(28)20-30)25-15-13-24(14-16-25)23-11-9-22(10-12-23)8-4-3-7-21-5-1-2-6-21/h17-19,21-25H,1-16H2/t22-,23-,24-,25-. The normalized spacial score (nSPS) is 30.3. The summed E-state index contributed by atoms with van der Waals surface area (Å²) in [5, 5.41) is 8.93. The molecule has 2 heteroatoms. The molecule has 164 valence electrons. The highest BCUT2D eigenvalue weighted by Gasteiger charge is 2.31. The maximum absolute atomic E-state index is 14.0. The van der Waals surface area contributed by atoms with E-state index >= 15 is 0 Å². The van der Waals surface area contributed by atoms with Crippen LogP contribution in [0.25, 0.3) is 0 Å². The van der Waals surface area contributed by atoms with Crippen molar-refractivity contribution in [1.82, 2.24) is 0 Å². The third-order valence-electron chi connectivity index (χ3n) is 8.86. The fraction of sp³-hybridized carbons (Fsp3) is 0.750. The van der Waals surface area contributed by atoms with Gasteiger partial charge in [-0.2, -0.15) is 5.26 Å². The van der Waals surface area contributed by atoms with Crippen molar-refractivity contribution in [2.24, 2.45) is 23.7 Å². The SMILES string of the molecule is N#Cc1ccc([C@H]2CC[C@H]([C@H]3CC[C@H](CCCCC4CCCC4)CC3)CC2)cc1F. The minimum absolute atomic E-state index is 0.169. The van der Waals surface area contributed by atoms with Crippen molar-refractivity contribution >= 4 is 0 Å². The molecule has 0 atom stereocenters. The quantitative estimate of drug-likeness (QED) is 0.414. The Morgan fingerprint density at radius 1 is 0.767 bits per heavy atom. The maximum atomic E-state index is 14.0. The van der Waals surface area contributed by atoms with E-state index in [1.807, 2.05) is 12.1 Å². The van der Waals surface area contributed by atoms with E-state index in [1.165, 1.54) is 103 Å². The summed E-state index contributed by atoms with van der Waals surface area (Å²) in [6, 6.07) is 7.18. The van der Waals surface area contributed by atoms with Gasteiger partial charge in [-0.1, -0.05) is 70.3 Å². The van der Waals surface area contributed by atoms with Crippen LogP contribution in [0.2, 0.25) is 0 Å². The van der Waals surface area contributed by atoms with Gasteiger partial charge in [-0.3, -0.25) is 0 Å². The lowest BCUT2D eigenvalue weighted by Crippen LogP contribution is -2.25. The molecular weight excluding hydrogens is 369 g/mol. The van der Waals surface area contributed by atoms with Crippen molar-refractivity contribution in [2.45, 2.75) is 109 Å². The Kier molecular flexibility index (Phi) is 7.86. The zero-order valence-electron chi connectivity index (χ0n) is 18.8. The maximum Gasteiger partial charge on any atom is 0.141 e. The van der Waals surface area contributed by atoms with Crippen molar-refractivity contribution in [1.29, 1.82) is 5.26 Å². The summed E-state index contributed by atoms with van der Waals surface area (Å²) in [5.74, 6) is 4.05. The number of unbranched alkanes of at least 4 members (excludes halogenated alkanes) is 1. The molecule has 0 heterocycles. The molecule has 3 saturated carbocycles. The molecular formula is C28H40FN. The van der Waals surface area contributed by atoms with Gasteiger partial charge in [0.1, 0.15) is 11.9 Å². The molecule has 0 spiro atoms. The summed E-state index contributed by atoms with van der Waals surface area (Å²) in [7, 11) is 0. The molecule has 0 saturated heterocycles. The van der Waals surface area contributed by atoms with Gasteiger partial charge in [0, 0.05) is 0 Å². The zero-order valence-corrected chi connectivity index (χ0v) is 18.8. The van der Waals surface area contributed by atoms with E-state index < -0.39 is 0 Å². The van der Waals surface area contributed by atoms with Crippen molar-refractivity contribution in [2.75, 3.05) is 0 Å². The molecule has 0 aromatic heterocycles. The summed E-state index contributed by atoms with van der Waals surface area (Å²) in [5.41, 5.74) is 1.27. The first kappa shape index (κ1) is 21.9. The minimum atomic E-state index is -0.348. The van der Waals surface area contributed by atoms with Crippen molar-refractivity contribution in [3.63, 3.8) is 0 Å². The van der Waals surface area contributed by atoms with Crippen LogP contribution >= 0.6 is 0 Å². The molecule has 3 aliphatic rings. The van der Waals surface area contributed by atoms with Gasteiger partial charge in [0.05, 0.1) is 5.56 Å². The first-order chi connectivity index (χ1) is 14.7. The lowest BCUT2D eigenvalue weighted by molar-refractivity contribution is 0.155. The highest BCUT2D eigenvalue weighted by atomic mass is 19.1. The second-order valence-corrected chi connectivity index (χ2v) is 10.7. The molecule has 3 fully saturated rings. The van der Waals surface area contributed by atoms with Gasteiger partial charge in [-0.05, 0) is 85.8 Å². The molecule has 0 unspecified atom stereocenters. The Morgan fingerprint density at radius 3 is 1.90 bits per heavy atom. The molecule has 3 aliphatic carbocycles. The van der Waals surface area contributed by atoms with Gasteiger partial charge in [0.25, 0.3) is 0 Å². The van der Waals surface area contributed by atoms with Crippen LogP contribution in [0.15, 0.2) is 18.2 Å². The van der Waals surface area contributed by atoms with Crippen LogP contribution in [-0.4, -0.2) is 0 Å². The largest absolute Gasteiger partial charge is 0.206 e. The van der Waals surface area contributed by atoms with Crippen LogP contribution in [0.1, 0.15) is 120 Å². The lowest BCUT2D eigenvalue weighted by Gasteiger charge is -2.38. The lowest BCUT2D eigenvalue weighted by atomic mass is 9.68. The first-order valence-corrected chi connectivity index (χ1v) is 12.9. The summed E-state index contributed by atoms with van der Waals surface area (Å²) >= 11 is 0. The molecule has 1 nitrogen and oxygen atoms in total. The van der Waals surface area contributed by atoms with Crippen LogP contribution in [0.3, 0.4) is 0 Å². The molecule has 0 bridgehead atoms. The molecule has 4 rings (SSSR count). The summed E-state index contributed by atoms with van der Waals surface area (Å²) < 4.78 is 14.0. The fourth-order valence-electron chi connectivity index (χ4n) is 6.91. The Labute approximate surface area is 183 Å². The van der Waals surface area contributed by atoms with E-state index in [2.05, 4.69) is 0 Å². The van der Waals surface area contributed by atoms with Gasteiger partial charge in [-0.15, -0.1) is 0 Å². The molecule has 1 aromatic carbocycles. The number of benzene rings is 1. The Balaban J connectivity index is 1.14. The van der Waals surface area contributed by atoms with E-state index in [-0.39, 0.29) is 11.4 Å². The number of nitriles is 1. The van der Waals surface area contributed by atoms with Gasteiger partial charge in [-0.25, -0.2) is 4.39 Å². The third-order valence-corrected chi connectivity index (χ3v) is 8.86. The molecule has 30 heavy (non-hydrogen) atoms. The average Bonchev–Trinajstić information content (AvgIpc) is 3.31. The monoisotopic (exact) mass is 409 g/mol. The smallest absolute Gasteiger partial charge is 0.141 e. The Morgan fingerprint density at radius 2 is 1.33 bits per heavy atom. The minimum Gasteiger partial charge on any atom is -0.206 e. The predicted octanol–water partition coefficient (Wildman–Crippen LogP) is 8.53. The van der Waals surface area contributed by atoms with Crippen LogP contribution in [0.5, 0.6) is 0 Å². The number of nitrogens with zero attached hydrogens (tertiary/aromatic N) is 1. The summed E-state index contributed by atoms with van der Waals surface area (Å²) in [6.45, 7) is 0. The number of rotatable bonds is 7. The van der Waals surface area contributed by atoms with Gasteiger partial charge in [0.15, 0.2) is 0 Å². The van der Waals surface area contributed by atoms with Crippen molar-refractivity contribution in [3.05, 3.63) is 35.1 Å². The van der Waals surface area contributed by atoms with E-state index in [1.54, 1.807) is 12.1 Å². The molecule has 0 amide bonds. The number of halogens is 1. The van der Waals surface area contributed by atoms with Gasteiger partial charge >= 0.3 is 0 Å². The zero-order chi connectivity index (χ0) is 20.8. The summed E-state index contributed by atoms with van der Waals surface area (Å²) in [4.78, 5) is 0. The summed E-state index contributed by atoms with van der Waals surface area (Å²) in [6.07, 6.45) is 22.8. The average molecular weight is 410 g/mol. The van der Waals surface area contributed by atoms with Gasteiger partial charge < -0.3 is 0 Å². The molecule has 0 N–H and O–H groups in total. The number of hydrogen-bond acceptors (Lipinski definition) is 1. The van der Waals surface area contributed by atoms with Crippen LogP contribution in [0.4, 0.5) is 4.39 Å². The Bertz CT molecular complexity index is 698. The van der Waals surface area contributed by atoms with E-state index in [0.29, 0.717) is 5.92 Å². The third kappa shape index (κ3) is 5.66. The van der Waals surface area contributed by atoms with E-state index in [4.69, 9.17) is 5.26 Å². The first-order valence-electron chi connectivity index (χ1n) is 12.9. The number of hydrogen-bond donors (Lipinski definition) is 0.